The minimum atomic E-state index is -1.12. The lowest BCUT2D eigenvalue weighted by Gasteiger charge is -2.29. The Labute approximate surface area is 202 Å². The van der Waals surface area contributed by atoms with Crippen LogP contribution in [0.1, 0.15) is 71.6 Å². The number of hydrogen-bond donors (Lipinski definition) is 6. The van der Waals surface area contributed by atoms with Gasteiger partial charge >= 0.3 is 5.97 Å². The van der Waals surface area contributed by atoms with Crippen LogP contribution in [0.15, 0.2) is 0 Å². The van der Waals surface area contributed by atoms with Crippen LogP contribution in [-0.4, -0.2) is 77.5 Å². The maximum Gasteiger partial charge on any atom is 0.326 e. The summed E-state index contributed by atoms with van der Waals surface area (Å²) in [6.07, 6.45) is 5.01. The van der Waals surface area contributed by atoms with Crippen LogP contribution in [0.5, 0.6) is 0 Å². The van der Waals surface area contributed by atoms with Crippen LogP contribution in [0.3, 0.4) is 0 Å². The predicted molar refractivity (Wildman–Crippen MR) is 129 cm³/mol. The average Bonchev–Trinajstić information content (AvgIpc) is 3.27. The Hall–Kier alpha value is -2.24. The summed E-state index contributed by atoms with van der Waals surface area (Å²) < 4.78 is 0. The molecule has 1 aliphatic rings. The molecule has 9 N–H and O–H groups in total. The van der Waals surface area contributed by atoms with E-state index in [0.29, 0.717) is 58.2 Å². The van der Waals surface area contributed by atoms with Crippen LogP contribution in [0.25, 0.3) is 0 Å². The Bertz CT molecular complexity index is 674. The Balaban J connectivity index is 2.86. The van der Waals surface area contributed by atoms with E-state index in [0.717, 1.165) is 12.8 Å². The van der Waals surface area contributed by atoms with Crippen LogP contribution in [-0.2, 0) is 19.2 Å². The molecule has 0 radical (unpaired) electrons. The second-order valence-corrected chi connectivity index (χ2v) is 9.46. The van der Waals surface area contributed by atoms with Gasteiger partial charge in [0.05, 0.1) is 6.04 Å². The van der Waals surface area contributed by atoms with Crippen LogP contribution >= 0.6 is 0 Å². The summed E-state index contributed by atoms with van der Waals surface area (Å²) >= 11 is 0. The van der Waals surface area contributed by atoms with Gasteiger partial charge in [0.2, 0.25) is 17.7 Å². The highest BCUT2D eigenvalue weighted by atomic mass is 16.4. The van der Waals surface area contributed by atoms with Gasteiger partial charge in [-0.25, -0.2) is 4.79 Å². The van der Waals surface area contributed by atoms with E-state index in [1.165, 1.54) is 4.90 Å². The van der Waals surface area contributed by atoms with E-state index < -0.39 is 42.0 Å². The molecule has 0 spiro atoms. The molecule has 4 atom stereocenters. The molecule has 196 valence electrons. The summed E-state index contributed by atoms with van der Waals surface area (Å²) in [6.45, 7) is 5.15. The fourth-order valence-electron chi connectivity index (χ4n) is 4.14. The Morgan fingerprint density at radius 2 is 1.59 bits per heavy atom. The van der Waals surface area contributed by atoms with Crippen molar-refractivity contribution < 1.29 is 24.3 Å². The minimum absolute atomic E-state index is 0.0683. The molecule has 34 heavy (non-hydrogen) atoms. The first-order chi connectivity index (χ1) is 16.1. The zero-order chi connectivity index (χ0) is 25.7. The van der Waals surface area contributed by atoms with Gasteiger partial charge in [-0.3, -0.25) is 14.4 Å². The second-order valence-electron chi connectivity index (χ2n) is 9.46. The first kappa shape index (κ1) is 29.8. The van der Waals surface area contributed by atoms with Crippen molar-refractivity contribution in [2.24, 2.45) is 23.1 Å². The zero-order valence-corrected chi connectivity index (χ0v) is 20.6. The fourth-order valence-corrected chi connectivity index (χ4v) is 4.14. The van der Waals surface area contributed by atoms with E-state index in [9.17, 15) is 24.3 Å². The molecule has 11 heteroatoms. The topological polar surface area (TPSA) is 194 Å². The minimum Gasteiger partial charge on any atom is -0.480 e. The summed E-state index contributed by atoms with van der Waals surface area (Å²) in [5, 5.41) is 14.8. The number of carboxylic acid groups (broad SMARTS) is 1. The summed E-state index contributed by atoms with van der Waals surface area (Å²) in [6, 6.07) is -3.36. The van der Waals surface area contributed by atoms with Crippen molar-refractivity contribution in [3.05, 3.63) is 0 Å². The van der Waals surface area contributed by atoms with Gasteiger partial charge < -0.3 is 37.8 Å². The fraction of sp³-hybridized carbons (Fsp3) is 0.826. The van der Waals surface area contributed by atoms with E-state index in [1.54, 1.807) is 0 Å². The molecule has 0 aliphatic carbocycles. The quantitative estimate of drug-likeness (QED) is 0.160. The molecule has 1 heterocycles. The third kappa shape index (κ3) is 9.94. The van der Waals surface area contributed by atoms with Crippen LogP contribution in [0.4, 0.5) is 0 Å². The lowest BCUT2D eigenvalue weighted by Crippen LogP contribution is -2.56. The number of nitrogens with zero attached hydrogens (tertiary/aromatic N) is 1. The Kier molecular flexibility index (Phi) is 13.7. The number of carbonyl (C=O) groups excluding carboxylic acids is 3. The average molecular weight is 485 g/mol. The molecule has 1 rings (SSSR count). The predicted octanol–water partition coefficient (Wildman–Crippen LogP) is -0.337. The Morgan fingerprint density at radius 3 is 2.15 bits per heavy atom. The number of carbonyl (C=O) groups is 4. The summed E-state index contributed by atoms with van der Waals surface area (Å²) in [7, 11) is 0. The van der Waals surface area contributed by atoms with Gasteiger partial charge in [0.1, 0.15) is 18.1 Å². The van der Waals surface area contributed by atoms with Gasteiger partial charge in [0.15, 0.2) is 0 Å². The highest BCUT2D eigenvalue weighted by molar-refractivity contribution is 5.94. The van der Waals surface area contributed by atoms with Gasteiger partial charge in [-0.15, -0.1) is 0 Å². The number of nitrogens with two attached hydrogens (primary N) is 3. The SMILES string of the molecule is CC(C)CC(NC(=O)C(CCCCN)NC(=O)C1CCCN1C(=O)C(N)CCCCN)C(=O)O. The first-order valence-corrected chi connectivity index (χ1v) is 12.4. The number of unbranched alkanes of at least 4 members (excludes halogenated alkanes) is 2. The molecule has 0 aromatic heterocycles. The number of carboxylic acids is 1. The maximum atomic E-state index is 13.1. The zero-order valence-electron chi connectivity index (χ0n) is 20.6. The van der Waals surface area contributed by atoms with Crippen molar-refractivity contribution in [3.8, 4) is 0 Å². The maximum absolute atomic E-state index is 13.1. The summed E-state index contributed by atoms with van der Waals surface area (Å²) in [5.41, 5.74) is 17.1. The van der Waals surface area contributed by atoms with Crippen molar-refractivity contribution in [1.29, 1.82) is 0 Å². The largest absolute Gasteiger partial charge is 0.480 e. The number of hydrogen-bond acceptors (Lipinski definition) is 7. The number of likely N-dealkylation sites (tertiary alicyclic amines) is 1. The van der Waals surface area contributed by atoms with Gasteiger partial charge in [-0.2, -0.15) is 0 Å². The lowest BCUT2D eigenvalue weighted by atomic mass is 10.0. The monoisotopic (exact) mass is 484 g/mol. The van der Waals surface area contributed by atoms with E-state index in [2.05, 4.69) is 10.6 Å². The molecule has 4 unspecified atom stereocenters. The molecule has 11 nitrogen and oxygen atoms in total. The molecular weight excluding hydrogens is 440 g/mol. The highest BCUT2D eigenvalue weighted by Gasteiger charge is 2.37. The Morgan fingerprint density at radius 1 is 0.971 bits per heavy atom. The van der Waals surface area contributed by atoms with Gasteiger partial charge in [-0.1, -0.05) is 20.3 Å². The van der Waals surface area contributed by atoms with Crippen molar-refractivity contribution >= 4 is 23.7 Å². The second kappa shape index (κ2) is 15.6. The lowest BCUT2D eigenvalue weighted by molar-refractivity contribution is -0.143. The highest BCUT2D eigenvalue weighted by Crippen LogP contribution is 2.20. The van der Waals surface area contributed by atoms with Gasteiger partial charge in [0, 0.05) is 6.54 Å². The molecule has 1 aliphatic heterocycles. The molecule has 0 saturated carbocycles. The molecule has 0 bridgehead atoms. The third-order valence-corrected chi connectivity index (χ3v) is 6.03. The molecule has 3 amide bonds. The van der Waals surface area contributed by atoms with Crippen molar-refractivity contribution in [2.75, 3.05) is 19.6 Å². The summed E-state index contributed by atoms with van der Waals surface area (Å²) in [5.74, 6) is -2.30. The molecule has 0 aromatic carbocycles. The van der Waals surface area contributed by atoms with Gasteiger partial charge in [0.25, 0.3) is 0 Å². The molecule has 0 aromatic rings. The van der Waals surface area contributed by atoms with E-state index >= 15 is 0 Å². The van der Waals surface area contributed by atoms with Crippen LogP contribution in [0.2, 0.25) is 0 Å². The summed E-state index contributed by atoms with van der Waals surface area (Å²) in [4.78, 5) is 51.9. The van der Waals surface area contributed by atoms with Crippen molar-refractivity contribution in [3.63, 3.8) is 0 Å². The third-order valence-electron chi connectivity index (χ3n) is 6.03. The molecular formula is C23H44N6O5. The number of rotatable bonds is 16. The van der Waals surface area contributed by atoms with Gasteiger partial charge in [-0.05, 0) is 70.4 Å². The van der Waals surface area contributed by atoms with Crippen LogP contribution in [0, 0.1) is 5.92 Å². The number of aliphatic carboxylic acids is 1. The van der Waals surface area contributed by atoms with Crippen molar-refractivity contribution in [2.45, 2.75) is 95.8 Å². The smallest absolute Gasteiger partial charge is 0.326 e. The van der Waals surface area contributed by atoms with E-state index in [-0.39, 0.29) is 18.2 Å². The molecule has 1 saturated heterocycles. The molecule has 1 fully saturated rings. The van der Waals surface area contributed by atoms with Crippen molar-refractivity contribution in [1.82, 2.24) is 15.5 Å². The van der Waals surface area contributed by atoms with E-state index in [1.807, 2.05) is 13.8 Å². The standard InChI is InChI=1S/C23H44N6O5/c1-15(2)14-18(23(33)34)28-20(30)17(9-4-6-12-25)27-21(31)19-10-7-13-29(19)22(32)16(26)8-3-5-11-24/h15-19H,3-14,24-26H2,1-2H3,(H,27,31)(H,28,30)(H,33,34). The van der Waals surface area contributed by atoms with Crippen LogP contribution < -0.4 is 27.8 Å². The number of amides is 3. The normalized spacial score (nSPS) is 18.4. The number of nitrogens with one attached hydrogen (secondary N) is 2. The van der Waals surface area contributed by atoms with E-state index in [4.69, 9.17) is 17.2 Å². The first-order valence-electron chi connectivity index (χ1n) is 12.4.